The van der Waals surface area contributed by atoms with Gasteiger partial charge in [-0.3, -0.25) is 0 Å². The van der Waals surface area contributed by atoms with Crippen LogP contribution < -0.4 is 0 Å². The molecule has 89 heavy (non-hydrogen) atoms. The van der Waals surface area contributed by atoms with Crippen LogP contribution in [0.2, 0.25) is 0 Å². The van der Waals surface area contributed by atoms with Crippen molar-refractivity contribution in [3.05, 3.63) is 308 Å². The molecule has 0 radical (unpaired) electrons. The van der Waals surface area contributed by atoms with Crippen molar-refractivity contribution in [1.82, 2.24) is 33.6 Å². The average molecular weight is 1140 g/mol. The van der Waals surface area contributed by atoms with Crippen molar-refractivity contribution >= 4 is 65.4 Å². The van der Waals surface area contributed by atoms with Gasteiger partial charge in [-0.15, -0.1) is 0 Å². The first kappa shape index (κ1) is 51.6. The highest BCUT2D eigenvalue weighted by Crippen LogP contribution is 2.51. The third-order valence-electron chi connectivity index (χ3n) is 17.6. The van der Waals surface area contributed by atoms with Crippen molar-refractivity contribution in [3.8, 4) is 96.0 Å². The average Bonchev–Trinajstić information content (AvgIpc) is 1.64. The van der Waals surface area contributed by atoms with E-state index in [0.717, 1.165) is 150 Å². The highest BCUT2D eigenvalue weighted by Gasteiger charge is 2.32. The summed E-state index contributed by atoms with van der Waals surface area (Å²) >= 11 is 0. The van der Waals surface area contributed by atoms with E-state index < -0.39 is 0 Å². The second-order valence-corrected chi connectivity index (χ2v) is 23.1. The van der Waals surface area contributed by atoms with Crippen LogP contribution in [0.5, 0.6) is 0 Å². The largest absolute Gasteiger partial charge is 0.308 e. The lowest BCUT2D eigenvalue weighted by atomic mass is 9.94. The van der Waals surface area contributed by atoms with Crippen molar-refractivity contribution in [2.24, 2.45) is 0 Å². The van der Waals surface area contributed by atoms with Crippen LogP contribution in [0.3, 0.4) is 0 Å². The summed E-state index contributed by atoms with van der Waals surface area (Å²) in [5, 5.41) is 6.83. The van der Waals surface area contributed by atoms with E-state index >= 15 is 0 Å². The van der Waals surface area contributed by atoms with E-state index in [-0.39, 0.29) is 0 Å². The Labute approximate surface area is 514 Å². The zero-order chi connectivity index (χ0) is 59.1. The Morgan fingerprint density at radius 2 is 0.551 bits per heavy atom. The molecule has 0 spiro atoms. The van der Waals surface area contributed by atoms with E-state index in [1.165, 1.54) is 11.1 Å². The quantitative estimate of drug-likeness (QED) is 0.137. The summed E-state index contributed by atoms with van der Waals surface area (Å²) in [6.45, 7) is 4.37. The smallest absolute Gasteiger partial charge is 0.160 e. The molecule has 0 bridgehead atoms. The molecule has 17 aromatic rings. The molecular weight excluding hydrogens is 1080 g/mol. The standard InChI is InChI=1S/C82H55N7/c1-52-40-43-73-63(46-52)60-34-18-21-37-70(60)87(73)76-51-77(88-71-38-22-19-35-61(71)64-47-53(2)41-44-74(64)88)79(69-50-67(56-28-12-5-13-29-56)84-82(86-69)58-32-16-7-17-33-58)80(78(76)68-49-66(55-26-10-4-11-27-55)83-81(85-68)57-30-14-6-15-31-57)89-72-39-23-20-36-62(72)65-48-59(42-45-75(65)89)54-24-8-3-9-25-54/h3-51H,1-2H3. The second-order valence-electron chi connectivity index (χ2n) is 23.1. The van der Waals surface area contributed by atoms with Gasteiger partial charge < -0.3 is 13.7 Å². The Bertz CT molecular complexity index is 5230. The van der Waals surface area contributed by atoms with Gasteiger partial charge in [-0.1, -0.05) is 236 Å². The summed E-state index contributed by atoms with van der Waals surface area (Å²) < 4.78 is 7.51. The van der Waals surface area contributed by atoms with Gasteiger partial charge in [-0.05, 0) is 97.8 Å². The summed E-state index contributed by atoms with van der Waals surface area (Å²) in [7, 11) is 0. The third kappa shape index (κ3) is 8.65. The molecule has 0 aliphatic rings. The molecule has 0 fully saturated rings. The molecule has 418 valence electrons. The summed E-state index contributed by atoms with van der Waals surface area (Å²) in [5.74, 6) is 1.21. The lowest BCUT2D eigenvalue weighted by Crippen LogP contribution is -2.12. The highest BCUT2D eigenvalue weighted by molar-refractivity contribution is 6.16. The van der Waals surface area contributed by atoms with Gasteiger partial charge in [0.15, 0.2) is 11.6 Å². The molecule has 0 unspecified atom stereocenters. The molecule has 0 amide bonds. The maximum absolute atomic E-state index is 5.92. The lowest BCUT2D eigenvalue weighted by molar-refractivity contribution is 1.08. The molecule has 17 rings (SSSR count). The van der Waals surface area contributed by atoms with Gasteiger partial charge in [-0.25, -0.2) is 19.9 Å². The lowest BCUT2D eigenvalue weighted by Gasteiger charge is -2.27. The second kappa shape index (κ2) is 21.0. The number of benzene rings is 12. The number of aromatic nitrogens is 7. The van der Waals surface area contributed by atoms with Crippen molar-refractivity contribution in [2.45, 2.75) is 13.8 Å². The molecule has 7 nitrogen and oxygen atoms in total. The summed E-state index contributed by atoms with van der Waals surface area (Å²) in [6, 6.07) is 107. The van der Waals surface area contributed by atoms with Gasteiger partial charge in [-0.2, -0.15) is 0 Å². The van der Waals surface area contributed by atoms with Gasteiger partial charge in [0.1, 0.15) is 0 Å². The molecule has 12 aromatic carbocycles. The fourth-order valence-corrected chi connectivity index (χ4v) is 13.5. The number of rotatable bonds is 10. The first-order chi connectivity index (χ1) is 44.0. The predicted octanol–water partition coefficient (Wildman–Crippen LogP) is 20.8. The Morgan fingerprint density at radius 3 is 0.989 bits per heavy atom. The normalized spacial score (nSPS) is 11.7. The van der Waals surface area contributed by atoms with Crippen LogP contribution in [-0.4, -0.2) is 33.6 Å². The van der Waals surface area contributed by atoms with Crippen LogP contribution in [0.4, 0.5) is 0 Å². The van der Waals surface area contributed by atoms with Crippen LogP contribution in [-0.2, 0) is 0 Å². The van der Waals surface area contributed by atoms with Gasteiger partial charge in [0, 0.05) is 65.7 Å². The Morgan fingerprint density at radius 1 is 0.225 bits per heavy atom. The molecule has 0 atom stereocenters. The molecule has 7 heteroatoms. The van der Waals surface area contributed by atoms with E-state index in [4.69, 9.17) is 19.9 Å². The van der Waals surface area contributed by atoms with Crippen LogP contribution in [0.1, 0.15) is 11.1 Å². The maximum atomic E-state index is 5.92. The molecular formula is C82H55N7. The molecule has 0 aliphatic heterocycles. The van der Waals surface area contributed by atoms with Crippen molar-refractivity contribution in [3.63, 3.8) is 0 Å². The fraction of sp³-hybridized carbons (Fsp3) is 0.0244. The molecule has 5 heterocycles. The number of fused-ring (bicyclic) bond motifs is 9. The first-order valence-electron chi connectivity index (χ1n) is 30.3. The minimum Gasteiger partial charge on any atom is -0.308 e. The summed E-state index contributed by atoms with van der Waals surface area (Å²) in [4.78, 5) is 22.8. The predicted molar refractivity (Wildman–Crippen MR) is 368 cm³/mol. The van der Waals surface area contributed by atoms with Gasteiger partial charge in [0.25, 0.3) is 0 Å². The highest BCUT2D eigenvalue weighted by atomic mass is 15.1. The Kier molecular flexibility index (Phi) is 12.2. The minimum atomic E-state index is 0.606. The molecule has 0 N–H and O–H groups in total. The molecule has 0 saturated carbocycles. The summed E-state index contributed by atoms with van der Waals surface area (Å²) in [5.41, 5.74) is 22.3. The number of hydrogen-bond acceptors (Lipinski definition) is 4. The molecule has 0 saturated heterocycles. The van der Waals surface area contributed by atoms with Crippen LogP contribution in [0, 0.1) is 13.8 Å². The van der Waals surface area contributed by atoms with E-state index in [0.29, 0.717) is 11.6 Å². The van der Waals surface area contributed by atoms with Crippen LogP contribution >= 0.6 is 0 Å². The van der Waals surface area contributed by atoms with Crippen molar-refractivity contribution in [1.29, 1.82) is 0 Å². The van der Waals surface area contributed by atoms with E-state index in [1.807, 2.05) is 12.1 Å². The van der Waals surface area contributed by atoms with Gasteiger partial charge >= 0.3 is 0 Å². The van der Waals surface area contributed by atoms with E-state index in [1.54, 1.807) is 0 Å². The monoisotopic (exact) mass is 1140 g/mol. The number of para-hydroxylation sites is 3. The fourth-order valence-electron chi connectivity index (χ4n) is 13.5. The van der Waals surface area contributed by atoms with Gasteiger partial charge in [0.05, 0.1) is 72.9 Å². The Balaban J connectivity index is 1.17. The zero-order valence-corrected chi connectivity index (χ0v) is 48.9. The first-order valence-corrected chi connectivity index (χ1v) is 30.3. The Hall–Kier alpha value is -11.8. The van der Waals surface area contributed by atoms with E-state index in [2.05, 4.69) is 313 Å². The minimum absolute atomic E-state index is 0.606. The van der Waals surface area contributed by atoms with Crippen LogP contribution in [0.25, 0.3) is 161 Å². The van der Waals surface area contributed by atoms with E-state index in [9.17, 15) is 0 Å². The summed E-state index contributed by atoms with van der Waals surface area (Å²) in [6.07, 6.45) is 0. The van der Waals surface area contributed by atoms with Gasteiger partial charge in [0.2, 0.25) is 0 Å². The SMILES string of the molecule is Cc1ccc2c(c1)c1ccccc1n2-c1cc(-n2c3ccccc3c3cc(C)ccc32)c(-c2cc(-c3ccccc3)nc(-c3ccccc3)n2)c(-n2c3ccccc3c3cc(-c4ccccc4)ccc32)c1-c1cc(-c2ccccc2)nc(-c2ccccc2)n1. The maximum Gasteiger partial charge on any atom is 0.160 e. The van der Waals surface area contributed by atoms with Crippen molar-refractivity contribution < 1.29 is 0 Å². The third-order valence-corrected chi connectivity index (χ3v) is 17.6. The van der Waals surface area contributed by atoms with Crippen molar-refractivity contribution in [2.75, 3.05) is 0 Å². The van der Waals surface area contributed by atoms with Crippen LogP contribution in [0.15, 0.2) is 297 Å². The number of hydrogen-bond donors (Lipinski definition) is 0. The molecule has 5 aromatic heterocycles. The number of aryl methyl sites for hydroxylation is 2. The number of nitrogens with zero attached hydrogens (tertiary/aromatic N) is 7. The molecule has 0 aliphatic carbocycles. The topological polar surface area (TPSA) is 66.3 Å². The zero-order valence-electron chi connectivity index (χ0n) is 48.9.